The standard InChI is InChI=1S/C21H27N3O3/c25-19-9-4-3-8-18(19)23-14-12-22(13-15-23)10-5-11-24-20(26)16-6-1-2-7-17(16)21(24)27/h1-4,8-9,25-27H,5-7,10-15H2. The molecule has 1 aliphatic heterocycles. The Morgan fingerprint density at radius 1 is 0.778 bits per heavy atom. The maximum absolute atomic E-state index is 10.4. The molecule has 6 heteroatoms. The molecule has 2 aliphatic rings. The van der Waals surface area contributed by atoms with E-state index in [2.05, 4.69) is 9.80 Å². The summed E-state index contributed by atoms with van der Waals surface area (Å²) >= 11 is 0. The minimum absolute atomic E-state index is 0.219. The average Bonchev–Trinajstić information content (AvgIpc) is 2.94. The first-order chi connectivity index (χ1) is 13.1. The van der Waals surface area contributed by atoms with Gasteiger partial charge in [0.1, 0.15) is 5.75 Å². The van der Waals surface area contributed by atoms with Crippen molar-refractivity contribution in [2.24, 2.45) is 0 Å². The van der Waals surface area contributed by atoms with E-state index in [0.29, 0.717) is 25.1 Å². The first-order valence-corrected chi connectivity index (χ1v) is 9.67. The fraction of sp³-hybridized carbons (Fsp3) is 0.429. The number of hydrogen-bond donors (Lipinski definition) is 3. The van der Waals surface area contributed by atoms with Crippen LogP contribution in [0.1, 0.15) is 17.5 Å². The van der Waals surface area contributed by atoms with Gasteiger partial charge in [0, 0.05) is 43.9 Å². The number of phenols is 1. The number of allylic oxidation sites excluding steroid dienone is 2. The summed E-state index contributed by atoms with van der Waals surface area (Å²) in [6.45, 7) is 5.20. The van der Waals surface area contributed by atoms with Crippen LogP contribution in [0.2, 0.25) is 0 Å². The lowest BCUT2D eigenvalue weighted by molar-refractivity contribution is 0.246. The van der Waals surface area contributed by atoms with Crippen LogP contribution in [-0.4, -0.2) is 57.5 Å². The summed E-state index contributed by atoms with van der Waals surface area (Å²) in [7, 11) is 0. The quantitative estimate of drug-likeness (QED) is 0.706. The molecule has 0 saturated carbocycles. The number of piperazine rings is 1. The monoisotopic (exact) mass is 369 g/mol. The Balaban J connectivity index is 1.29. The first-order valence-electron chi connectivity index (χ1n) is 9.67. The third-order valence-electron chi connectivity index (χ3n) is 5.68. The third kappa shape index (κ3) is 3.49. The van der Waals surface area contributed by atoms with E-state index < -0.39 is 0 Å². The molecule has 0 unspecified atom stereocenters. The smallest absolute Gasteiger partial charge is 0.197 e. The zero-order valence-electron chi connectivity index (χ0n) is 15.5. The number of nitrogens with zero attached hydrogens (tertiary/aromatic N) is 3. The minimum atomic E-state index is 0.219. The highest BCUT2D eigenvalue weighted by Crippen LogP contribution is 2.37. The molecule has 0 radical (unpaired) electrons. The van der Waals surface area contributed by atoms with E-state index >= 15 is 0 Å². The Morgan fingerprint density at radius 3 is 2.04 bits per heavy atom. The molecule has 1 aromatic carbocycles. The van der Waals surface area contributed by atoms with Crippen LogP contribution in [-0.2, 0) is 19.4 Å². The van der Waals surface area contributed by atoms with Crippen molar-refractivity contribution in [3.05, 3.63) is 47.5 Å². The summed E-state index contributed by atoms with van der Waals surface area (Å²) in [5.41, 5.74) is 2.64. The lowest BCUT2D eigenvalue weighted by Crippen LogP contribution is -2.46. The summed E-state index contributed by atoms with van der Waals surface area (Å²) in [6.07, 6.45) is 6.33. The summed E-state index contributed by atoms with van der Waals surface area (Å²) in [4.78, 5) is 4.62. The van der Waals surface area contributed by atoms with Gasteiger partial charge in [0.15, 0.2) is 11.8 Å². The Hall–Kier alpha value is -2.60. The molecule has 2 heterocycles. The van der Waals surface area contributed by atoms with E-state index in [4.69, 9.17) is 0 Å². The van der Waals surface area contributed by atoms with Crippen LogP contribution in [0.25, 0.3) is 0 Å². The summed E-state index contributed by atoms with van der Waals surface area (Å²) in [5, 5.41) is 30.8. The molecule has 1 saturated heterocycles. The number of hydrogen-bond acceptors (Lipinski definition) is 5. The SMILES string of the molecule is Oc1ccccc1N1CCN(CCCn2c(O)c3c(c2O)CC=CC3)CC1. The molecule has 0 spiro atoms. The zero-order chi connectivity index (χ0) is 18.8. The van der Waals surface area contributed by atoms with Gasteiger partial charge in [0.05, 0.1) is 5.69 Å². The van der Waals surface area contributed by atoms with Gasteiger partial charge in [-0.2, -0.15) is 0 Å². The van der Waals surface area contributed by atoms with Gasteiger partial charge in [-0.05, 0) is 37.9 Å². The van der Waals surface area contributed by atoms with E-state index in [0.717, 1.165) is 56.0 Å². The first kappa shape index (κ1) is 17.8. The van der Waals surface area contributed by atoms with Crippen molar-refractivity contribution in [2.75, 3.05) is 37.6 Å². The van der Waals surface area contributed by atoms with E-state index in [-0.39, 0.29) is 11.8 Å². The van der Waals surface area contributed by atoms with Crippen molar-refractivity contribution >= 4 is 5.69 Å². The van der Waals surface area contributed by atoms with Gasteiger partial charge < -0.3 is 20.2 Å². The van der Waals surface area contributed by atoms with Crippen molar-refractivity contribution < 1.29 is 15.3 Å². The van der Waals surface area contributed by atoms with Gasteiger partial charge in [-0.3, -0.25) is 9.47 Å². The molecule has 0 atom stereocenters. The minimum Gasteiger partial charge on any atom is -0.506 e. The molecular formula is C21H27N3O3. The molecule has 6 nitrogen and oxygen atoms in total. The predicted octanol–water partition coefficient (Wildman–Crippen LogP) is 2.47. The Labute approximate surface area is 159 Å². The van der Waals surface area contributed by atoms with E-state index in [1.807, 2.05) is 30.4 Å². The van der Waals surface area contributed by atoms with E-state index in [9.17, 15) is 15.3 Å². The van der Waals surface area contributed by atoms with E-state index in [1.54, 1.807) is 10.6 Å². The molecule has 4 rings (SSSR count). The predicted molar refractivity (Wildman–Crippen MR) is 106 cm³/mol. The second-order valence-electron chi connectivity index (χ2n) is 7.31. The van der Waals surface area contributed by atoms with Crippen molar-refractivity contribution in [2.45, 2.75) is 25.8 Å². The molecule has 144 valence electrons. The van der Waals surface area contributed by atoms with Gasteiger partial charge in [0.25, 0.3) is 0 Å². The highest BCUT2D eigenvalue weighted by molar-refractivity contribution is 5.57. The summed E-state index contributed by atoms with van der Waals surface area (Å²) in [6, 6.07) is 7.48. The number of anilines is 1. The summed E-state index contributed by atoms with van der Waals surface area (Å²) < 4.78 is 1.65. The summed E-state index contributed by atoms with van der Waals surface area (Å²) in [5.74, 6) is 0.774. The molecule has 0 amide bonds. The van der Waals surface area contributed by atoms with Crippen LogP contribution in [0.5, 0.6) is 17.5 Å². The van der Waals surface area contributed by atoms with Crippen LogP contribution < -0.4 is 4.90 Å². The van der Waals surface area contributed by atoms with Crippen LogP contribution in [0.3, 0.4) is 0 Å². The second-order valence-corrected chi connectivity index (χ2v) is 7.31. The maximum Gasteiger partial charge on any atom is 0.197 e. The molecule has 0 bridgehead atoms. The zero-order valence-corrected chi connectivity index (χ0v) is 15.5. The van der Waals surface area contributed by atoms with Gasteiger partial charge in [0.2, 0.25) is 0 Å². The maximum atomic E-state index is 10.4. The average molecular weight is 369 g/mol. The fourth-order valence-corrected chi connectivity index (χ4v) is 4.14. The Morgan fingerprint density at radius 2 is 1.41 bits per heavy atom. The van der Waals surface area contributed by atoms with E-state index in [1.165, 1.54) is 0 Å². The lowest BCUT2D eigenvalue weighted by atomic mass is 10.0. The van der Waals surface area contributed by atoms with Gasteiger partial charge in [-0.1, -0.05) is 24.3 Å². The molecule has 1 fully saturated rings. The Kier molecular flexibility index (Phi) is 4.99. The topological polar surface area (TPSA) is 72.1 Å². The molecule has 1 aromatic heterocycles. The number of fused-ring (bicyclic) bond motifs is 1. The lowest BCUT2D eigenvalue weighted by Gasteiger charge is -2.36. The largest absolute Gasteiger partial charge is 0.506 e. The van der Waals surface area contributed by atoms with Crippen LogP contribution in [0.15, 0.2) is 36.4 Å². The van der Waals surface area contributed by atoms with Gasteiger partial charge in [-0.25, -0.2) is 0 Å². The number of aromatic nitrogens is 1. The third-order valence-corrected chi connectivity index (χ3v) is 5.68. The molecule has 27 heavy (non-hydrogen) atoms. The number of phenolic OH excluding ortho intramolecular Hbond substituents is 1. The number of para-hydroxylation sites is 2. The Bertz CT molecular complexity index is 804. The molecular weight excluding hydrogens is 342 g/mol. The molecule has 3 N–H and O–H groups in total. The van der Waals surface area contributed by atoms with Crippen LogP contribution in [0.4, 0.5) is 5.69 Å². The van der Waals surface area contributed by atoms with Crippen molar-refractivity contribution in [1.29, 1.82) is 0 Å². The van der Waals surface area contributed by atoms with Crippen molar-refractivity contribution in [3.63, 3.8) is 0 Å². The van der Waals surface area contributed by atoms with Gasteiger partial charge >= 0.3 is 0 Å². The fourth-order valence-electron chi connectivity index (χ4n) is 4.14. The molecule has 1 aliphatic carbocycles. The van der Waals surface area contributed by atoms with Gasteiger partial charge in [-0.15, -0.1) is 0 Å². The van der Waals surface area contributed by atoms with Crippen molar-refractivity contribution in [1.82, 2.24) is 9.47 Å². The highest BCUT2D eigenvalue weighted by atomic mass is 16.3. The number of benzene rings is 1. The van der Waals surface area contributed by atoms with Crippen LogP contribution in [0, 0.1) is 0 Å². The van der Waals surface area contributed by atoms with Crippen molar-refractivity contribution in [3.8, 4) is 17.5 Å². The molecule has 2 aromatic rings. The number of rotatable bonds is 5. The number of aromatic hydroxyl groups is 3. The highest BCUT2D eigenvalue weighted by Gasteiger charge is 2.23. The second kappa shape index (κ2) is 7.56. The normalized spacial score (nSPS) is 17.3. The van der Waals surface area contributed by atoms with Crippen LogP contribution >= 0.6 is 0 Å².